The van der Waals surface area contributed by atoms with Gasteiger partial charge in [0.25, 0.3) is 0 Å². The molecule has 4 aliphatic carbocycles. The molecule has 3 saturated carbocycles. The minimum Gasteiger partial charge on any atom is -0.467 e. The molecule has 5 rings (SSSR count). The Morgan fingerprint density at radius 2 is 1.70 bits per heavy atom. The summed E-state index contributed by atoms with van der Waals surface area (Å²) in [6, 6.07) is 5.36. The molecule has 0 aromatic heterocycles. The van der Waals surface area contributed by atoms with Gasteiger partial charge in [0.1, 0.15) is 5.75 Å². The molecule has 0 heterocycles. The molecule has 8 atom stereocenters. The number of allylic oxidation sites excluding steroid dienone is 3. The zero-order valence-corrected chi connectivity index (χ0v) is 26.4. The van der Waals surface area contributed by atoms with Gasteiger partial charge < -0.3 is 20.9 Å². The molecule has 4 aliphatic rings. The molecule has 40 heavy (non-hydrogen) atoms. The lowest BCUT2D eigenvalue weighted by Gasteiger charge is -2.61. The Kier molecular flexibility index (Phi) is 8.16. The van der Waals surface area contributed by atoms with Gasteiger partial charge in [-0.3, -0.25) is 0 Å². The van der Waals surface area contributed by atoms with E-state index < -0.39 is 0 Å². The van der Waals surface area contributed by atoms with Crippen molar-refractivity contribution < 1.29 is 9.47 Å². The highest BCUT2D eigenvalue weighted by Crippen LogP contribution is 2.69. The van der Waals surface area contributed by atoms with Gasteiger partial charge in [-0.2, -0.15) is 0 Å². The topological polar surface area (TPSA) is 70.5 Å². The van der Waals surface area contributed by atoms with Crippen LogP contribution < -0.4 is 16.2 Å². The van der Waals surface area contributed by atoms with Gasteiger partial charge in [-0.05, 0) is 118 Å². The third-order valence-corrected chi connectivity index (χ3v) is 12.3. The molecule has 0 spiro atoms. The van der Waals surface area contributed by atoms with Crippen LogP contribution in [0.5, 0.6) is 5.75 Å². The number of benzene rings is 1. The van der Waals surface area contributed by atoms with E-state index in [9.17, 15) is 0 Å². The van der Waals surface area contributed by atoms with Gasteiger partial charge in [-0.25, -0.2) is 0 Å². The van der Waals surface area contributed by atoms with Crippen LogP contribution in [-0.2, 0) is 4.74 Å². The summed E-state index contributed by atoms with van der Waals surface area (Å²) in [6.45, 7) is 17.4. The number of nitrogen functional groups attached to an aromatic ring is 2. The van der Waals surface area contributed by atoms with Crippen molar-refractivity contribution in [2.75, 3.05) is 18.3 Å². The molecule has 3 fully saturated rings. The van der Waals surface area contributed by atoms with E-state index in [0.717, 1.165) is 36.0 Å². The largest absolute Gasteiger partial charge is 0.467 e. The van der Waals surface area contributed by atoms with Crippen LogP contribution in [-0.4, -0.2) is 12.9 Å². The van der Waals surface area contributed by atoms with Crippen molar-refractivity contribution in [3.8, 4) is 5.75 Å². The maximum Gasteiger partial charge on any atom is 0.189 e. The third kappa shape index (κ3) is 5.23. The fourth-order valence-corrected chi connectivity index (χ4v) is 10.4. The zero-order valence-electron chi connectivity index (χ0n) is 26.4. The number of ether oxygens (including phenoxy) is 2. The van der Waals surface area contributed by atoms with Crippen LogP contribution >= 0.6 is 0 Å². The second-order valence-electron chi connectivity index (χ2n) is 15.2. The Hall–Kier alpha value is -1.94. The predicted molar refractivity (Wildman–Crippen MR) is 168 cm³/mol. The van der Waals surface area contributed by atoms with Gasteiger partial charge in [0, 0.05) is 28.9 Å². The van der Waals surface area contributed by atoms with Gasteiger partial charge in [0.15, 0.2) is 6.79 Å². The standard InChI is InChI=1S/C36H56N2O2/c1-23(2)9-8-10-24(3)29-12-13-30-28-11-14-32-34(4,5)33(40-22-39-27-20-25(37)19-26(38)21-27)16-18-36(32,7)31(28)15-17-35(29,30)6/h9,14,19-21,24,28-31,33H,8,10-13,15-18,22,37-38H2,1-7H3. The second kappa shape index (κ2) is 11.0. The van der Waals surface area contributed by atoms with Crippen LogP contribution in [0.3, 0.4) is 0 Å². The molecule has 222 valence electrons. The first-order valence-corrected chi connectivity index (χ1v) is 16.1. The maximum atomic E-state index is 6.44. The molecule has 0 radical (unpaired) electrons. The van der Waals surface area contributed by atoms with Crippen LogP contribution in [0.1, 0.15) is 106 Å². The fourth-order valence-electron chi connectivity index (χ4n) is 10.4. The summed E-state index contributed by atoms with van der Waals surface area (Å²) in [6.07, 6.45) is 17.1. The number of hydrogen-bond acceptors (Lipinski definition) is 4. The smallest absolute Gasteiger partial charge is 0.189 e. The van der Waals surface area contributed by atoms with Crippen molar-refractivity contribution in [3.63, 3.8) is 0 Å². The van der Waals surface area contributed by atoms with E-state index in [4.69, 9.17) is 20.9 Å². The molecule has 1 aromatic carbocycles. The first kappa shape index (κ1) is 29.5. The van der Waals surface area contributed by atoms with Crippen molar-refractivity contribution in [1.29, 1.82) is 0 Å². The monoisotopic (exact) mass is 548 g/mol. The Bertz CT molecular complexity index is 1110. The van der Waals surface area contributed by atoms with Crippen LogP contribution in [0.4, 0.5) is 11.4 Å². The average molecular weight is 549 g/mol. The Labute approximate surface area is 244 Å². The summed E-state index contributed by atoms with van der Waals surface area (Å²) >= 11 is 0. The van der Waals surface area contributed by atoms with Crippen molar-refractivity contribution in [3.05, 3.63) is 41.5 Å². The van der Waals surface area contributed by atoms with Gasteiger partial charge in [-0.1, -0.05) is 57.9 Å². The Balaban J connectivity index is 1.27. The summed E-state index contributed by atoms with van der Waals surface area (Å²) in [5, 5.41) is 0. The van der Waals surface area contributed by atoms with Crippen LogP contribution in [0.2, 0.25) is 0 Å². The minimum absolute atomic E-state index is 0.00548. The van der Waals surface area contributed by atoms with E-state index in [1.54, 1.807) is 23.8 Å². The van der Waals surface area contributed by atoms with Gasteiger partial charge in [-0.15, -0.1) is 0 Å². The summed E-state index contributed by atoms with van der Waals surface area (Å²) in [5.41, 5.74) is 17.0. The quantitative estimate of drug-likeness (QED) is 0.193. The maximum absolute atomic E-state index is 6.44. The minimum atomic E-state index is -0.00548. The number of nitrogens with two attached hydrogens (primary N) is 2. The van der Waals surface area contributed by atoms with Gasteiger partial charge in [0.2, 0.25) is 0 Å². The van der Waals surface area contributed by atoms with Crippen LogP contribution in [0.25, 0.3) is 0 Å². The Morgan fingerprint density at radius 1 is 0.975 bits per heavy atom. The molecule has 4 nitrogen and oxygen atoms in total. The molecule has 8 unspecified atom stereocenters. The molecule has 1 aromatic rings. The molecule has 4 N–H and O–H groups in total. The number of fused-ring (bicyclic) bond motifs is 5. The lowest BCUT2D eigenvalue weighted by atomic mass is 9.44. The second-order valence-corrected chi connectivity index (χ2v) is 15.2. The normalized spacial score (nSPS) is 37.0. The van der Waals surface area contributed by atoms with Crippen molar-refractivity contribution in [2.45, 2.75) is 112 Å². The molecule has 0 aliphatic heterocycles. The van der Waals surface area contributed by atoms with Crippen LogP contribution in [0, 0.1) is 45.8 Å². The summed E-state index contributed by atoms with van der Waals surface area (Å²) in [7, 11) is 0. The summed E-state index contributed by atoms with van der Waals surface area (Å²) in [4.78, 5) is 0. The SMILES string of the molecule is CC(C)=CCCC(C)C1CCC2C3CC=C4C(C)(C)C(OCOc5cc(N)cc(N)c5)CCC4(C)C3CCC12C. The average Bonchev–Trinajstić information content (AvgIpc) is 3.22. The lowest BCUT2D eigenvalue weighted by Crippen LogP contribution is -2.55. The molecule has 0 bridgehead atoms. The highest BCUT2D eigenvalue weighted by molar-refractivity contribution is 5.56. The van der Waals surface area contributed by atoms with Gasteiger partial charge >= 0.3 is 0 Å². The summed E-state index contributed by atoms with van der Waals surface area (Å²) in [5.74, 6) is 4.91. The molecular weight excluding hydrogens is 492 g/mol. The number of hydrogen-bond donors (Lipinski definition) is 2. The molecule has 0 saturated heterocycles. The van der Waals surface area contributed by atoms with E-state index in [2.05, 4.69) is 60.6 Å². The van der Waals surface area contributed by atoms with Crippen molar-refractivity contribution in [1.82, 2.24) is 0 Å². The van der Waals surface area contributed by atoms with E-state index in [-0.39, 0.29) is 23.7 Å². The van der Waals surface area contributed by atoms with Crippen LogP contribution in [0.15, 0.2) is 41.5 Å². The number of rotatable bonds is 8. The van der Waals surface area contributed by atoms with E-state index in [0.29, 0.717) is 22.5 Å². The lowest BCUT2D eigenvalue weighted by molar-refractivity contribution is -0.121. The summed E-state index contributed by atoms with van der Waals surface area (Å²) < 4.78 is 12.4. The number of anilines is 2. The molecular formula is C36H56N2O2. The van der Waals surface area contributed by atoms with Crippen molar-refractivity contribution in [2.24, 2.45) is 45.8 Å². The van der Waals surface area contributed by atoms with Crippen molar-refractivity contribution >= 4 is 11.4 Å². The van der Waals surface area contributed by atoms with E-state index >= 15 is 0 Å². The third-order valence-electron chi connectivity index (χ3n) is 12.3. The highest BCUT2D eigenvalue weighted by Gasteiger charge is 2.61. The van der Waals surface area contributed by atoms with Gasteiger partial charge in [0.05, 0.1) is 6.10 Å². The van der Waals surface area contributed by atoms with E-state index in [1.165, 1.54) is 56.9 Å². The molecule has 4 heteroatoms. The Morgan fingerprint density at radius 3 is 2.40 bits per heavy atom. The van der Waals surface area contributed by atoms with E-state index in [1.807, 2.05) is 0 Å². The predicted octanol–water partition coefficient (Wildman–Crippen LogP) is 9.17. The first-order valence-electron chi connectivity index (χ1n) is 16.1. The highest BCUT2D eigenvalue weighted by atomic mass is 16.7. The molecule has 0 amide bonds. The zero-order chi connectivity index (χ0) is 28.9. The fraction of sp³-hybridized carbons (Fsp3) is 0.722. The first-order chi connectivity index (χ1) is 18.9.